The van der Waals surface area contributed by atoms with Gasteiger partial charge in [-0.25, -0.2) is 0 Å². The Kier molecular flexibility index (Phi) is 6.11. The van der Waals surface area contributed by atoms with Gasteiger partial charge in [-0.1, -0.05) is 133 Å². The molecule has 0 spiro atoms. The molecule has 0 N–H and O–H groups in total. The Balaban J connectivity index is 1.21. The number of rotatable bonds is 4. The molecule has 0 saturated heterocycles. The number of hydrogen-bond acceptors (Lipinski definition) is 0. The van der Waals surface area contributed by atoms with Crippen molar-refractivity contribution in [3.8, 4) is 39.1 Å². The fourth-order valence-corrected chi connectivity index (χ4v) is 7.36. The molecule has 0 unspecified atom stereocenters. The highest BCUT2D eigenvalue weighted by molar-refractivity contribution is 6.15. The minimum Gasteiger partial charge on any atom is -0.309 e. The maximum absolute atomic E-state index is 2.39. The van der Waals surface area contributed by atoms with Gasteiger partial charge in [-0.15, -0.1) is 0 Å². The van der Waals surface area contributed by atoms with Crippen molar-refractivity contribution in [2.45, 2.75) is 6.92 Å². The lowest BCUT2D eigenvalue weighted by atomic mass is 9.88. The van der Waals surface area contributed by atoms with E-state index in [4.69, 9.17) is 0 Å². The van der Waals surface area contributed by atoms with Gasteiger partial charge in [0, 0.05) is 16.5 Å². The number of aromatic nitrogens is 1. The third kappa shape index (κ3) is 4.17. The first kappa shape index (κ1) is 26.5. The van der Waals surface area contributed by atoms with E-state index >= 15 is 0 Å². The summed E-state index contributed by atoms with van der Waals surface area (Å²) in [5.74, 6) is 0. The average Bonchev–Trinajstić information content (AvgIpc) is 3.46. The van der Waals surface area contributed by atoms with Gasteiger partial charge in [0.25, 0.3) is 0 Å². The maximum atomic E-state index is 2.39. The quantitative estimate of drug-likeness (QED) is 0.181. The molecule has 9 rings (SSSR count). The number of aryl methyl sites for hydroxylation is 1. The molecule has 46 heavy (non-hydrogen) atoms. The highest BCUT2D eigenvalue weighted by Gasteiger charge is 2.16. The molecule has 0 amide bonds. The topological polar surface area (TPSA) is 4.93 Å². The van der Waals surface area contributed by atoms with Crippen molar-refractivity contribution >= 4 is 43.4 Å². The molecule has 1 heterocycles. The van der Waals surface area contributed by atoms with Crippen molar-refractivity contribution in [2.75, 3.05) is 0 Å². The average molecular weight is 586 g/mol. The van der Waals surface area contributed by atoms with Crippen LogP contribution < -0.4 is 0 Å². The lowest BCUT2D eigenvalue weighted by molar-refractivity contribution is 1.18. The molecular weight excluding hydrogens is 555 g/mol. The van der Waals surface area contributed by atoms with Gasteiger partial charge in [0.2, 0.25) is 0 Å². The van der Waals surface area contributed by atoms with Crippen molar-refractivity contribution in [2.24, 2.45) is 0 Å². The van der Waals surface area contributed by atoms with Crippen molar-refractivity contribution in [3.05, 3.63) is 175 Å². The van der Waals surface area contributed by atoms with Crippen LogP contribution in [0.25, 0.3) is 82.4 Å². The molecule has 1 heteroatoms. The van der Waals surface area contributed by atoms with E-state index in [1.54, 1.807) is 0 Å². The van der Waals surface area contributed by atoms with Gasteiger partial charge in [0.1, 0.15) is 0 Å². The third-order valence-electron chi connectivity index (χ3n) is 9.59. The van der Waals surface area contributed by atoms with E-state index in [-0.39, 0.29) is 0 Å². The van der Waals surface area contributed by atoms with Crippen molar-refractivity contribution < 1.29 is 0 Å². The molecule has 0 fully saturated rings. The standard InChI is InChI=1S/C45H31N/c1-30-37-16-8-10-18-39(37)45(40-19-11-9-17-38(30)40)33-22-20-32(21-23-33)35-25-27-44-42(29-35)41-28-34(31-12-4-2-5-13-31)24-26-43(41)46(44)36-14-6-3-7-15-36/h2-29H,1H3. The minimum absolute atomic E-state index is 1.17. The summed E-state index contributed by atoms with van der Waals surface area (Å²) in [6, 6.07) is 61.9. The van der Waals surface area contributed by atoms with Gasteiger partial charge in [-0.05, 0) is 104 Å². The summed E-state index contributed by atoms with van der Waals surface area (Å²) in [7, 11) is 0. The fraction of sp³-hybridized carbons (Fsp3) is 0.0222. The Morgan fingerprint density at radius 2 is 0.739 bits per heavy atom. The zero-order valence-electron chi connectivity index (χ0n) is 25.6. The summed E-state index contributed by atoms with van der Waals surface area (Å²) >= 11 is 0. The molecule has 0 aliphatic heterocycles. The predicted molar refractivity (Wildman–Crippen MR) is 197 cm³/mol. The lowest BCUT2D eigenvalue weighted by Crippen LogP contribution is -1.93. The van der Waals surface area contributed by atoms with Crippen molar-refractivity contribution in [3.63, 3.8) is 0 Å². The monoisotopic (exact) mass is 585 g/mol. The molecule has 1 aromatic heterocycles. The van der Waals surface area contributed by atoms with Crippen LogP contribution >= 0.6 is 0 Å². The molecule has 8 aromatic carbocycles. The Labute approximate surface area is 268 Å². The summed E-state index contributed by atoms with van der Waals surface area (Å²) in [5.41, 5.74) is 12.4. The van der Waals surface area contributed by atoms with E-state index in [0.29, 0.717) is 0 Å². The van der Waals surface area contributed by atoms with Gasteiger partial charge in [-0.3, -0.25) is 0 Å². The van der Waals surface area contributed by atoms with E-state index in [1.807, 2.05) is 0 Å². The van der Waals surface area contributed by atoms with Crippen LogP contribution in [0.2, 0.25) is 0 Å². The molecule has 1 nitrogen and oxygen atoms in total. The highest BCUT2D eigenvalue weighted by Crippen LogP contribution is 2.41. The summed E-state index contributed by atoms with van der Waals surface area (Å²) in [4.78, 5) is 0. The zero-order valence-corrected chi connectivity index (χ0v) is 25.6. The van der Waals surface area contributed by atoms with E-state index in [1.165, 1.54) is 88.0 Å². The normalized spacial score (nSPS) is 11.6. The Morgan fingerprint density at radius 1 is 0.326 bits per heavy atom. The van der Waals surface area contributed by atoms with Crippen LogP contribution in [0.3, 0.4) is 0 Å². The molecule has 0 radical (unpaired) electrons. The summed E-state index contributed by atoms with van der Waals surface area (Å²) < 4.78 is 2.39. The van der Waals surface area contributed by atoms with E-state index < -0.39 is 0 Å². The second-order valence-electron chi connectivity index (χ2n) is 12.2. The minimum atomic E-state index is 1.17. The number of nitrogens with zero attached hydrogens (tertiary/aromatic N) is 1. The smallest absolute Gasteiger partial charge is 0.0541 e. The summed E-state index contributed by atoms with van der Waals surface area (Å²) in [6.45, 7) is 2.24. The van der Waals surface area contributed by atoms with E-state index in [9.17, 15) is 0 Å². The van der Waals surface area contributed by atoms with Gasteiger partial charge in [0.05, 0.1) is 11.0 Å². The Morgan fingerprint density at radius 3 is 1.28 bits per heavy atom. The third-order valence-corrected chi connectivity index (χ3v) is 9.59. The molecule has 216 valence electrons. The second-order valence-corrected chi connectivity index (χ2v) is 12.2. The molecule has 0 saturated carbocycles. The first-order valence-corrected chi connectivity index (χ1v) is 15.9. The van der Waals surface area contributed by atoms with Crippen LogP contribution in [0.15, 0.2) is 170 Å². The summed E-state index contributed by atoms with van der Waals surface area (Å²) in [5, 5.41) is 7.75. The van der Waals surface area contributed by atoms with Gasteiger partial charge in [0.15, 0.2) is 0 Å². The van der Waals surface area contributed by atoms with Crippen LogP contribution in [0, 0.1) is 6.92 Å². The first-order valence-electron chi connectivity index (χ1n) is 15.9. The second kappa shape index (κ2) is 10.6. The van der Waals surface area contributed by atoms with Crippen LogP contribution in [0.4, 0.5) is 0 Å². The number of fused-ring (bicyclic) bond motifs is 5. The largest absolute Gasteiger partial charge is 0.309 e. The lowest BCUT2D eigenvalue weighted by Gasteiger charge is -2.15. The fourth-order valence-electron chi connectivity index (χ4n) is 7.36. The number of benzene rings is 8. The van der Waals surface area contributed by atoms with Crippen LogP contribution in [0.5, 0.6) is 0 Å². The molecule has 0 bridgehead atoms. The van der Waals surface area contributed by atoms with E-state index in [0.717, 1.165) is 0 Å². The van der Waals surface area contributed by atoms with Crippen LogP contribution in [0.1, 0.15) is 5.56 Å². The first-order chi connectivity index (χ1) is 22.7. The van der Waals surface area contributed by atoms with Crippen LogP contribution in [-0.4, -0.2) is 4.57 Å². The van der Waals surface area contributed by atoms with Crippen molar-refractivity contribution in [1.29, 1.82) is 0 Å². The Hall–Kier alpha value is -5.92. The van der Waals surface area contributed by atoms with E-state index in [2.05, 4.69) is 181 Å². The highest BCUT2D eigenvalue weighted by atomic mass is 15.0. The van der Waals surface area contributed by atoms with Crippen LogP contribution in [-0.2, 0) is 0 Å². The zero-order chi connectivity index (χ0) is 30.6. The van der Waals surface area contributed by atoms with Gasteiger partial charge < -0.3 is 4.57 Å². The number of hydrogen-bond donors (Lipinski definition) is 0. The molecule has 0 atom stereocenters. The van der Waals surface area contributed by atoms with Gasteiger partial charge in [-0.2, -0.15) is 0 Å². The van der Waals surface area contributed by atoms with Gasteiger partial charge >= 0.3 is 0 Å². The molecular formula is C45H31N. The number of para-hydroxylation sites is 1. The predicted octanol–water partition coefficient (Wildman–Crippen LogP) is 12.4. The Bertz CT molecular complexity index is 2500. The molecule has 0 aliphatic rings. The molecule has 0 aliphatic carbocycles. The SMILES string of the molecule is Cc1c2ccccc2c(-c2ccc(-c3ccc4c(c3)c3cc(-c5ccccc5)ccc3n4-c3ccccc3)cc2)c2ccccc12. The van der Waals surface area contributed by atoms with Crippen molar-refractivity contribution in [1.82, 2.24) is 4.57 Å². The molecule has 9 aromatic rings. The summed E-state index contributed by atoms with van der Waals surface area (Å²) in [6.07, 6.45) is 0. The maximum Gasteiger partial charge on any atom is 0.0541 e.